The first-order chi connectivity index (χ1) is 6.63. The van der Waals surface area contributed by atoms with E-state index in [4.69, 9.17) is 23.2 Å². The van der Waals surface area contributed by atoms with Gasteiger partial charge in [-0.2, -0.15) is 0 Å². The van der Waals surface area contributed by atoms with Crippen LogP contribution in [0.1, 0.15) is 13.3 Å². The Morgan fingerprint density at radius 1 is 1.64 bits per heavy atom. The SMILES string of the molecule is CCn1nnnc1SC[C@@H]1CC1(Cl)Cl. The summed E-state index contributed by atoms with van der Waals surface area (Å²) in [5.74, 6) is 1.26. The Balaban J connectivity index is 1.87. The number of hydrogen-bond donors (Lipinski definition) is 0. The van der Waals surface area contributed by atoms with E-state index < -0.39 is 4.33 Å². The molecule has 0 bridgehead atoms. The van der Waals surface area contributed by atoms with E-state index in [0.717, 1.165) is 23.9 Å². The highest BCUT2D eigenvalue weighted by Gasteiger charge is 2.51. The number of rotatable bonds is 4. The lowest BCUT2D eigenvalue weighted by atomic mass is 10.5. The number of hydrogen-bond acceptors (Lipinski definition) is 4. The topological polar surface area (TPSA) is 43.6 Å². The molecule has 1 fully saturated rings. The van der Waals surface area contributed by atoms with Crippen LogP contribution < -0.4 is 0 Å². The number of halogens is 2. The average Bonchev–Trinajstić information content (AvgIpc) is 2.62. The van der Waals surface area contributed by atoms with Gasteiger partial charge < -0.3 is 0 Å². The number of aromatic nitrogens is 4. The molecule has 0 unspecified atom stereocenters. The zero-order valence-corrected chi connectivity index (χ0v) is 9.98. The lowest BCUT2D eigenvalue weighted by molar-refractivity contribution is 0.581. The quantitative estimate of drug-likeness (QED) is 0.608. The van der Waals surface area contributed by atoms with Gasteiger partial charge in [0.25, 0.3) is 0 Å². The number of alkyl halides is 2. The van der Waals surface area contributed by atoms with Gasteiger partial charge >= 0.3 is 0 Å². The maximum absolute atomic E-state index is 5.91. The minimum absolute atomic E-state index is 0.373. The second kappa shape index (κ2) is 3.87. The summed E-state index contributed by atoms with van der Waals surface area (Å²) in [7, 11) is 0. The van der Waals surface area contributed by atoms with Crippen LogP contribution in [0.15, 0.2) is 5.16 Å². The number of aryl methyl sites for hydroxylation is 1. The minimum Gasteiger partial charge on any atom is -0.221 e. The Morgan fingerprint density at radius 3 is 2.93 bits per heavy atom. The highest BCUT2D eigenvalue weighted by molar-refractivity contribution is 7.99. The van der Waals surface area contributed by atoms with Crippen molar-refractivity contribution in [2.75, 3.05) is 5.75 Å². The maximum atomic E-state index is 5.91. The van der Waals surface area contributed by atoms with Crippen molar-refractivity contribution in [2.24, 2.45) is 5.92 Å². The summed E-state index contributed by atoms with van der Waals surface area (Å²) < 4.78 is 1.26. The molecule has 0 radical (unpaired) electrons. The standard InChI is InChI=1S/C7H10Cl2N4S/c1-2-13-6(10-11-12-13)14-4-5-3-7(5,8)9/h5H,2-4H2,1H3/t5-/m0/s1. The second-order valence-corrected chi connectivity index (χ2v) is 5.78. The van der Waals surface area contributed by atoms with Crippen molar-refractivity contribution in [3.63, 3.8) is 0 Å². The van der Waals surface area contributed by atoms with Crippen molar-refractivity contribution in [1.29, 1.82) is 0 Å². The molecule has 4 nitrogen and oxygen atoms in total. The molecule has 1 aliphatic carbocycles. The van der Waals surface area contributed by atoms with Gasteiger partial charge in [-0.3, -0.25) is 0 Å². The van der Waals surface area contributed by atoms with Crippen LogP contribution in [0.25, 0.3) is 0 Å². The largest absolute Gasteiger partial charge is 0.221 e. The lowest BCUT2D eigenvalue weighted by Gasteiger charge is -2.00. The molecule has 0 amide bonds. The van der Waals surface area contributed by atoms with Crippen molar-refractivity contribution in [1.82, 2.24) is 20.2 Å². The molecule has 0 aromatic carbocycles. The van der Waals surface area contributed by atoms with Crippen LogP contribution in [0.3, 0.4) is 0 Å². The lowest BCUT2D eigenvalue weighted by Crippen LogP contribution is -2.00. The fourth-order valence-corrected chi connectivity index (χ4v) is 3.00. The summed E-state index contributed by atoms with van der Waals surface area (Å²) in [5.41, 5.74) is 0. The molecule has 1 aliphatic rings. The number of nitrogens with zero attached hydrogens (tertiary/aromatic N) is 4. The highest BCUT2D eigenvalue weighted by atomic mass is 35.5. The molecule has 7 heteroatoms. The molecule has 14 heavy (non-hydrogen) atoms. The van der Waals surface area contributed by atoms with E-state index in [-0.39, 0.29) is 0 Å². The van der Waals surface area contributed by atoms with Gasteiger partial charge in [0.15, 0.2) is 0 Å². The average molecular weight is 253 g/mol. The van der Waals surface area contributed by atoms with E-state index >= 15 is 0 Å². The molecule has 0 spiro atoms. The first-order valence-electron chi connectivity index (χ1n) is 4.40. The third kappa shape index (κ3) is 2.15. The van der Waals surface area contributed by atoms with Gasteiger partial charge in [0.05, 0.1) is 0 Å². The number of thioether (sulfide) groups is 1. The molecule has 2 rings (SSSR count). The van der Waals surface area contributed by atoms with E-state index in [0.29, 0.717) is 5.92 Å². The monoisotopic (exact) mass is 252 g/mol. The summed E-state index contributed by atoms with van der Waals surface area (Å²) in [5, 5.41) is 12.2. The van der Waals surface area contributed by atoms with Gasteiger partial charge in [-0.15, -0.1) is 28.3 Å². The van der Waals surface area contributed by atoms with Crippen LogP contribution in [-0.2, 0) is 6.54 Å². The summed E-state index contributed by atoms with van der Waals surface area (Å²) in [6.07, 6.45) is 0.872. The fourth-order valence-electron chi connectivity index (χ4n) is 1.12. The molecular weight excluding hydrogens is 243 g/mol. The fraction of sp³-hybridized carbons (Fsp3) is 0.857. The zero-order valence-electron chi connectivity index (χ0n) is 7.65. The third-order valence-electron chi connectivity index (χ3n) is 2.17. The normalized spacial score (nSPS) is 23.8. The Morgan fingerprint density at radius 2 is 2.36 bits per heavy atom. The van der Waals surface area contributed by atoms with Gasteiger partial charge in [-0.25, -0.2) is 4.68 Å². The Kier molecular flexibility index (Phi) is 2.91. The molecular formula is C7H10Cl2N4S. The molecule has 1 aromatic rings. The van der Waals surface area contributed by atoms with E-state index in [2.05, 4.69) is 15.5 Å². The van der Waals surface area contributed by atoms with E-state index in [9.17, 15) is 0 Å². The number of tetrazole rings is 1. The van der Waals surface area contributed by atoms with Crippen molar-refractivity contribution >= 4 is 35.0 Å². The molecule has 1 atom stereocenters. The van der Waals surface area contributed by atoms with Crippen molar-refractivity contribution < 1.29 is 0 Å². The van der Waals surface area contributed by atoms with Gasteiger partial charge in [-0.05, 0) is 23.8 Å². The van der Waals surface area contributed by atoms with E-state index in [1.54, 1.807) is 16.4 Å². The molecule has 1 saturated carbocycles. The van der Waals surface area contributed by atoms with Crippen LogP contribution in [0.2, 0.25) is 0 Å². The minimum atomic E-state index is -0.502. The molecule has 0 saturated heterocycles. The van der Waals surface area contributed by atoms with Gasteiger partial charge in [0, 0.05) is 18.2 Å². The van der Waals surface area contributed by atoms with E-state index in [1.165, 1.54) is 0 Å². The molecule has 1 heterocycles. The first-order valence-corrected chi connectivity index (χ1v) is 6.14. The maximum Gasteiger partial charge on any atom is 0.209 e. The van der Waals surface area contributed by atoms with Crippen LogP contribution in [0.4, 0.5) is 0 Å². The first kappa shape index (κ1) is 10.5. The Bertz CT molecular complexity index is 327. The Hall–Kier alpha value is -0.000000000000000111. The summed E-state index contributed by atoms with van der Waals surface area (Å²) in [6, 6.07) is 0. The third-order valence-corrected chi connectivity index (χ3v) is 4.21. The van der Waals surface area contributed by atoms with Crippen molar-refractivity contribution in [2.45, 2.75) is 29.4 Å². The summed E-state index contributed by atoms with van der Waals surface area (Å²) >= 11 is 13.4. The van der Waals surface area contributed by atoms with Crippen molar-refractivity contribution in [3.05, 3.63) is 0 Å². The summed E-state index contributed by atoms with van der Waals surface area (Å²) in [4.78, 5) is 0. The molecule has 1 aromatic heterocycles. The predicted octanol–water partition coefficient (Wildman–Crippen LogP) is 1.98. The van der Waals surface area contributed by atoms with Crippen LogP contribution in [0, 0.1) is 5.92 Å². The van der Waals surface area contributed by atoms with Gasteiger partial charge in [0.1, 0.15) is 4.33 Å². The highest BCUT2D eigenvalue weighted by Crippen LogP contribution is 2.54. The molecule has 0 N–H and O–H groups in total. The van der Waals surface area contributed by atoms with E-state index in [1.807, 2.05) is 6.92 Å². The zero-order chi connectivity index (χ0) is 10.2. The van der Waals surface area contributed by atoms with Gasteiger partial charge in [0.2, 0.25) is 5.16 Å². The predicted molar refractivity (Wildman–Crippen MR) is 56.8 cm³/mol. The molecule has 0 aliphatic heterocycles. The Labute approximate surface area is 96.3 Å². The van der Waals surface area contributed by atoms with Crippen LogP contribution in [0.5, 0.6) is 0 Å². The second-order valence-electron chi connectivity index (χ2n) is 3.25. The van der Waals surface area contributed by atoms with Crippen LogP contribution in [-0.4, -0.2) is 30.3 Å². The van der Waals surface area contributed by atoms with Crippen molar-refractivity contribution in [3.8, 4) is 0 Å². The summed E-state index contributed by atoms with van der Waals surface area (Å²) in [6.45, 7) is 2.79. The smallest absolute Gasteiger partial charge is 0.209 e. The van der Waals surface area contributed by atoms with Gasteiger partial charge in [-0.1, -0.05) is 11.8 Å². The molecule has 78 valence electrons. The van der Waals surface area contributed by atoms with Crippen LogP contribution >= 0.6 is 35.0 Å².